The Kier molecular flexibility index (Phi) is 3.99. The van der Waals surface area contributed by atoms with Gasteiger partial charge in [0.05, 0.1) is 4.92 Å². The zero-order valence-electron chi connectivity index (χ0n) is 8.92. The van der Waals surface area contributed by atoms with Gasteiger partial charge in [-0.3, -0.25) is 14.9 Å². The fourth-order valence-electron chi connectivity index (χ4n) is 1.57. The molecule has 0 bridgehead atoms. The average molecular weight is 223 g/mol. The van der Waals surface area contributed by atoms with Crippen molar-refractivity contribution < 1.29 is 14.8 Å². The van der Waals surface area contributed by atoms with E-state index in [1.165, 1.54) is 12.1 Å². The lowest BCUT2D eigenvalue weighted by Gasteiger charge is -2.07. The third-order valence-electron chi connectivity index (χ3n) is 2.23. The number of rotatable bonds is 5. The molecule has 1 rings (SSSR count). The first-order valence-electron chi connectivity index (χ1n) is 4.94. The summed E-state index contributed by atoms with van der Waals surface area (Å²) in [7, 11) is 0. The van der Waals surface area contributed by atoms with Crippen LogP contribution in [0.2, 0.25) is 0 Å². The van der Waals surface area contributed by atoms with E-state index in [0.29, 0.717) is 6.42 Å². The Labute approximate surface area is 92.9 Å². The minimum atomic E-state index is -0.849. The van der Waals surface area contributed by atoms with Crippen LogP contribution in [0.25, 0.3) is 0 Å². The number of nitro groups is 1. The fourth-order valence-corrected chi connectivity index (χ4v) is 1.57. The molecule has 0 fully saturated rings. The Morgan fingerprint density at radius 2 is 2.25 bits per heavy atom. The van der Waals surface area contributed by atoms with Crippen LogP contribution in [0.1, 0.15) is 18.9 Å². The van der Waals surface area contributed by atoms with Gasteiger partial charge in [0.25, 0.3) is 5.69 Å². The molecule has 1 aromatic rings. The molecule has 0 aliphatic heterocycles. The number of aliphatic carboxylic acids is 1. The van der Waals surface area contributed by atoms with E-state index in [1.807, 2.05) is 6.92 Å². The molecular weight excluding hydrogens is 210 g/mol. The van der Waals surface area contributed by atoms with Gasteiger partial charge in [-0.25, -0.2) is 0 Å². The van der Waals surface area contributed by atoms with E-state index in [-0.39, 0.29) is 18.0 Å². The quantitative estimate of drug-likeness (QED) is 0.613. The summed E-state index contributed by atoms with van der Waals surface area (Å²) in [6.07, 6.45) is 0.608. The van der Waals surface area contributed by atoms with Gasteiger partial charge >= 0.3 is 5.97 Å². The summed E-state index contributed by atoms with van der Waals surface area (Å²) < 4.78 is 0. The van der Waals surface area contributed by atoms with Crippen molar-refractivity contribution in [1.29, 1.82) is 0 Å². The zero-order valence-corrected chi connectivity index (χ0v) is 8.92. The molecule has 16 heavy (non-hydrogen) atoms. The largest absolute Gasteiger partial charge is 0.481 e. The number of nitro benzene ring substituents is 1. The van der Waals surface area contributed by atoms with Crippen molar-refractivity contribution in [2.45, 2.75) is 19.8 Å². The monoisotopic (exact) mass is 223 g/mol. The van der Waals surface area contributed by atoms with Crippen molar-refractivity contribution in [3.63, 3.8) is 0 Å². The molecule has 0 amide bonds. The number of benzene rings is 1. The number of hydrogen-bond acceptors (Lipinski definition) is 3. The van der Waals surface area contributed by atoms with Crippen LogP contribution in [0, 0.1) is 16.0 Å². The highest BCUT2D eigenvalue weighted by atomic mass is 16.6. The van der Waals surface area contributed by atoms with Crippen molar-refractivity contribution in [1.82, 2.24) is 0 Å². The molecular formula is C11H13NO4. The smallest absolute Gasteiger partial charge is 0.303 e. The predicted octanol–water partition coefficient (Wildman–Crippen LogP) is 2.25. The van der Waals surface area contributed by atoms with Crippen LogP contribution < -0.4 is 0 Å². The second kappa shape index (κ2) is 5.25. The number of carbonyl (C=O) groups is 1. The maximum Gasteiger partial charge on any atom is 0.303 e. The first-order chi connectivity index (χ1) is 7.49. The molecule has 0 saturated carbocycles. The van der Waals surface area contributed by atoms with Gasteiger partial charge < -0.3 is 5.11 Å². The topological polar surface area (TPSA) is 80.4 Å². The Bertz CT molecular complexity index is 403. The Balaban J connectivity index is 2.70. The summed E-state index contributed by atoms with van der Waals surface area (Å²) >= 11 is 0. The Morgan fingerprint density at radius 1 is 1.56 bits per heavy atom. The average Bonchev–Trinajstić information content (AvgIpc) is 2.16. The minimum Gasteiger partial charge on any atom is -0.481 e. The summed E-state index contributed by atoms with van der Waals surface area (Å²) in [5.41, 5.74) is 0.836. The fraction of sp³-hybridized carbons (Fsp3) is 0.364. The van der Waals surface area contributed by atoms with E-state index in [9.17, 15) is 14.9 Å². The number of carboxylic acid groups (broad SMARTS) is 1. The lowest BCUT2D eigenvalue weighted by Crippen LogP contribution is -2.07. The third kappa shape index (κ3) is 3.68. The number of nitrogens with zero attached hydrogens (tertiary/aromatic N) is 1. The van der Waals surface area contributed by atoms with Gasteiger partial charge in [-0.1, -0.05) is 19.1 Å². The van der Waals surface area contributed by atoms with Crippen molar-refractivity contribution in [3.8, 4) is 0 Å². The molecule has 86 valence electrons. The van der Waals surface area contributed by atoms with E-state index < -0.39 is 10.9 Å². The summed E-state index contributed by atoms with van der Waals surface area (Å²) in [5.74, 6) is -0.877. The number of non-ortho nitro benzene ring substituents is 1. The van der Waals surface area contributed by atoms with Gasteiger partial charge in [0.2, 0.25) is 0 Å². The second-order valence-corrected chi connectivity index (χ2v) is 3.83. The SMILES string of the molecule is CC(CC(=O)O)Cc1cccc([N+](=O)[O-])c1. The highest BCUT2D eigenvalue weighted by Gasteiger charge is 2.11. The predicted molar refractivity (Wildman–Crippen MR) is 58.2 cm³/mol. The summed E-state index contributed by atoms with van der Waals surface area (Å²) in [6.45, 7) is 1.81. The van der Waals surface area contributed by atoms with Crippen molar-refractivity contribution in [2.24, 2.45) is 5.92 Å². The Hall–Kier alpha value is -1.91. The first-order valence-corrected chi connectivity index (χ1v) is 4.94. The molecule has 0 spiro atoms. The molecule has 0 aliphatic rings. The van der Waals surface area contributed by atoms with Crippen LogP contribution in [0.5, 0.6) is 0 Å². The maximum absolute atomic E-state index is 10.5. The lowest BCUT2D eigenvalue weighted by atomic mass is 9.98. The highest BCUT2D eigenvalue weighted by molar-refractivity contribution is 5.67. The van der Waals surface area contributed by atoms with Crippen LogP contribution in [0.4, 0.5) is 5.69 Å². The van der Waals surface area contributed by atoms with Crippen molar-refractivity contribution in [2.75, 3.05) is 0 Å². The van der Waals surface area contributed by atoms with Gasteiger partial charge in [-0.2, -0.15) is 0 Å². The van der Waals surface area contributed by atoms with Crippen molar-refractivity contribution in [3.05, 3.63) is 39.9 Å². The Morgan fingerprint density at radius 3 is 2.81 bits per heavy atom. The van der Waals surface area contributed by atoms with Crippen LogP contribution in [-0.4, -0.2) is 16.0 Å². The van der Waals surface area contributed by atoms with Crippen LogP contribution in [0.3, 0.4) is 0 Å². The van der Waals surface area contributed by atoms with E-state index in [4.69, 9.17) is 5.11 Å². The molecule has 5 nitrogen and oxygen atoms in total. The van der Waals surface area contributed by atoms with Gasteiger partial charge in [0.15, 0.2) is 0 Å². The summed E-state index contributed by atoms with van der Waals surface area (Å²) in [4.78, 5) is 20.5. The van der Waals surface area contributed by atoms with E-state index in [0.717, 1.165) is 5.56 Å². The first kappa shape index (κ1) is 12.2. The molecule has 1 atom stereocenters. The normalized spacial score (nSPS) is 12.1. The molecule has 0 aromatic heterocycles. The third-order valence-corrected chi connectivity index (χ3v) is 2.23. The summed E-state index contributed by atoms with van der Waals surface area (Å²) in [5, 5.41) is 19.1. The highest BCUT2D eigenvalue weighted by Crippen LogP contribution is 2.17. The standard InChI is InChI=1S/C11H13NO4/c1-8(6-11(13)14)5-9-3-2-4-10(7-9)12(15)16/h2-4,7-8H,5-6H2,1H3,(H,13,14). The molecule has 0 saturated heterocycles. The molecule has 0 heterocycles. The number of carboxylic acids is 1. The molecule has 5 heteroatoms. The zero-order chi connectivity index (χ0) is 12.1. The van der Waals surface area contributed by atoms with Gasteiger partial charge in [-0.05, 0) is 17.9 Å². The molecule has 1 unspecified atom stereocenters. The van der Waals surface area contributed by atoms with E-state index >= 15 is 0 Å². The van der Waals surface area contributed by atoms with Crippen LogP contribution in [0.15, 0.2) is 24.3 Å². The maximum atomic E-state index is 10.5. The van der Waals surface area contributed by atoms with E-state index in [2.05, 4.69) is 0 Å². The van der Waals surface area contributed by atoms with Gasteiger partial charge in [-0.15, -0.1) is 0 Å². The molecule has 1 N–H and O–H groups in total. The van der Waals surface area contributed by atoms with Crippen LogP contribution in [-0.2, 0) is 11.2 Å². The van der Waals surface area contributed by atoms with Crippen LogP contribution >= 0.6 is 0 Å². The minimum absolute atomic E-state index is 0.0282. The van der Waals surface area contributed by atoms with Gasteiger partial charge in [0.1, 0.15) is 0 Å². The summed E-state index contributed by atoms with van der Waals surface area (Å²) in [6, 6.07) is 6.29. The molecule has 0 radical (unpaired) electrons. The van der Waals surface area contributed by atoms with Crippen molar-refractivity contribution >= 4 is 11.7 Å². The van der Waals surface area contributed by atoms with Gasteiger partial charge in [0, 0.05) is 18.6 Å². The number of hydrogen-bond donors (Lipinski definition) is 1. The molecule has 0 aliphatic carbocycles. The second-order valence-electron chi connectivity index (χ2n) is 3.83. The van der Waals surface area contributed by atoms with E-state index in [1.54, 1.807) is 12.1 Å². The lowest BCUT2D eigenvalue weighted by molar-refractivity contribution is -0.384. The molecule has 1 aromatic carbocycles.